The maximum absolute atomic E-state index is 12.4. The molecule has 0 bridgehead atoms. The van der Waals surface area contributed by atoms with E-state index in [0.29, 0.717) is 27.9 Å². The summed E-state index contributed by atoms with van der Waals surface area (Å²) in [5.41, 5.74) is 2.42. The Balaban J connectivity index is 1.74. The van der Waals surface area contributed by atoms with E-state index in [2.05, 4.69) is 25.3 Å². The maximum Gasteiger partial charge on any atom is 0.263 e. The molecule has 3 rings (SSSR count). The van der Waals surface area contributed by atoms with Crippen LogP contribution in [0.2, 0.25) is 0 Å². The van der Waals surface area contributed by atoms with E-state index in [0.717, 1.165) is 11.4 Å². The van der Waals surface area contributed by atoms with E-state index in [-0.39, 0.29) is 5.91 Å². The van der Waals surface area contributed by atoms with Gasteiger partial charge >= 0.3 is 0 Å². The fourth-order valence-electron chi connectivity index (χ4n) is 2.06. The lowest BCUT2D eigenvalue weighted by molar-refractivity contribution is 0.0953. The van der Waals surface area contributed by atoms with Gasteiger partial charge in [-0.25, -0.2) is 15.0 Å². The van der Waals surface area contributed by atoms with Gasteiger partial charge in [0.15, 0.2) is 10.8 Å². The first kappa shape index (κ1) is 15.2. The second-order valence-corrected chi connectivity index (χ2v) is 5.96. The van der Waals surface area contributed by atoms with Gasteiger partial charge in [-0.1, -0.05) is 6.07 Å². The average molecular weight is 325 g/mol. The average Bonchev–Trinajstić information content (AvgIpc) is 2.95. The van der Waals surface area contributed by atoms with E-state index in [1.165, 1.54) is 11.3 Å². The van der Waals surface area contributed by atoms with Gasteiger partial charge < -0.3 is 5.32 Å². The zero-order valence-corrected chi connectivity index (χ0v) is 13.6. The molecule has 0 saturated heterocycles. The van der Waals surface area contributed by atoms with Crippen LogP contribution in [0.15, 0.2) is 36.7 Å². The van der Waals surface area contributed by atoms with Crippen molar-refractivity contribution in [3.05, 3.63) is 58.6 Å². The third-order valence-electron chi connectivity index (χ3n) is 3.14. The van der Waals surface area contributed by atoms with Crippen molar-refractivity contribution in [2.24, 2.45) is 0 Å². The van der Waals surface area contributed by atoms with Gasteiger partial charge in [-0.3, -0.25) is 9.78 Å². The smallest absolute Gasteiger partial charge is 0.263 e. The summed E-state index contributed by atoms with van der Waals surface area (Å²) in [6.07, 6.45) is 3.31. The highest BCUT2D eigenvalue weighted by Gasteiger charge is 2.17. The molecule has 0 saturated carbocycles. The first-order valence-electron chi connectivity index (χ1n) is 7.09. The predicted octanol–water partition coefficient (Wildman–Crippen LogP) is 2.54. The van der Waals surface area contributed by atoms with Gasteiger partial charge in [0.1, 0.15) is 4.88 Å². The number of pyridine rings is 1. The van der Waals surface area contributed by atoms with Crippen molar-refractivity contribution in [1.82, 2.24) is 25.3 Å². The number of aromatic nitrogens is 4. The van der Waals surface area contributed by atoms with Gasteiger partial charge in [0.25, 0.3) is 5.91 Å². The summed E-state index contributed by atoms with van der Waals surface area (Å²) in [5, 5.41) is 3.52. The molecule has 3 aromatic heterocycles. The van der Waals surface area contributed by atoms with Gasteiger partial charge in [-0.05, 0) is 32.0 Å². The lowest BCUT2D eigenvalue weighted by Gasteiger charge is -2.04. The number of carbonyl (C=O) groups excluding carboxylic acids is 1. The number of aryl methyl sites for hydroxylation is 2. The van der Waals surface area contributed by atoms with Gasteiger partial charge in [0.2, 0.25) is 0 Å². The maximum atomic E-state index is 12.4. The Bertz CT molecular complexity index is 831. The summed E-state index contributed by atoms with van der Waals surface area (Å²) < 4.78 is 0. The molecule has 7 heteroatoms. The minimum atomic E-state index is -0.162. The van der Waals surface area contributed by atoms with Crippen molar-refractivity contribution in [1.29, 1.82) is 0 Å². The molecule has 0 radical (unpaired) electrons. The van der Waals surface area contributed by atoms with E-state index >= 15 is 0 Å². The standard InChI is InChI=1S/C16H15N5OS/c1-10-5-3-6-12(20-10)9-19-15(22)13-11(2)21-16(23-13)14-17-7-4-8-18-14/h3-8H,9H2,1-2H3,(H,19,22). The molecule has 0 unspecified atom stereocenters. The van der Waals surface area contributed by atoms with E-state index in [1.807, 2.05) is 32.0 Å². The summed E-state index contributed by atoms with van der Waals surface area (Å²) in [4.78, 5) is 30.0. The molecule has 0 aromatic carbocycles. The highest BCUT2D eigenvalue weighted by molar-refractivity contribution is 7.17. The Morgan fingerprint density at radius 3 is 2.65 bits per heavy atom. The fraction of sp³-hybridized carbons (Fsp3) is 0.188. The molecule has 0 aliphatic heterocycles. The van der Waals surface area contributed by atoms with Gasteiger partial charge in [-0.2, -0.15) is 0 Å². The lowest BCUT2D eigenvalue weighted by Crippen LogP contribution is -2.23. The number of carbonyl (C=O) groups is 1. The van der Waals surface area contributed by atoms with E-state index < -0.39 is 0 Å². The molecule has 0 aliphatic carbocycles. The van der Waals surface area contributed by atoms with Crippen LogP contribution in [0.4, 0.5) is 0 Å². The van der Waals surface area contributed by atoms with Crippen LogP contribution in [0.5, 0.6) is 0 Å². The molecule has 3 aromatic rings. The van der Waals surface area contributed by atoms with Crippen LogP contribution in [0, 0.1) is 13.8 Å². The Kier molecular flexibility index (Phi) is 4.38. The van der Waals surface area contributed by atoms with Crippen LogP contribution in [-0.2, 0) is 6.54 Å². The zero-order valence-electron chi connectivity index (χ0n) is 12.8. The molecule has 0 aliphatic rings. The van der Waals surface area contributed by atoms with Crippen molar-refractivity contribution in [3.8, 4) is 10.8 Å². The van der Waals surface area contributed by atoms with Crippen molar-refractivity contribution in [2.45, 2.75) is 20.4 Å². The molecular weight excluding hydrogens is 310 g/mol. The largest absolute Gasteiger partial charge is 0.346 e. The zero-order chi connectivity index (χ0) is 16.2. The van der Waals surface area contributed by atoms with E-state index in [1.54, 1.807) is 18.5 Å². The topological polar surface area (TPSA) is 80.7 Å². The number of rotatable bonds is 4. The molecule has 0 fully saturated rings. The van der Waals surface area contributed by atoms with Crippen LogP contribution in [-0.4, -0.2) is 25.8 Å². The van der Waals surface area contributed by atoms with Crippen LogP contribution in [0.25, 0.3) is 10.8 Å². The van der Waals surface area contributed by atoms with Gasteiger partial charge in [-0.15, -0.1) is 11.3 Å². The van der Waals surface area contributed by atoms with Crippen LogP contribution < -0.4 is 5.32 Å². The Hall–Kier alpha value is -2.67. The summed E-state index contributed by atoms with van der Waals surface area (Å²) in [6.45, 7) is 4.11. The van der Waals surface area contributed by atoms with Crippen LogP contribution >= 0.6 is 11.3 Å². The summed E-state index contributed by atoms with van der Waals surface area (Å²) in [5.74, 6) is 0.366. The van der Waals surface area contributed by atoms with Crippen molar-refractivity contribution in [3.63, 3.8) is 0 Å². The third kappa shape index (κ3) is 3.57. The Morgan fingerprint density at radius 2 is 1.91 bits per heavy atom. The quantitative estimate of drug-likeness (QED) is 0.797. The molecular formula is C16H15N5OS. The van der Waals surface area contributed by atoms with Crippen molar-refractivity contribution < 1.29 is 4.79 Å². The predicted molar refractivity (Wildman–Crippen MR) is 88.0 cm³/mol. The van der Waals surface area contributed by atoms with Crippen LogP contribution in [0.3, 0.4) is 0 Å². The second kappa shape index (κ2) is 6.62. The molecule has 6 nitrogen and oxygen atoms in total. The van der Waals surface area contributed by atoms with E-state index in [4.69, 9.17) is 0 Å². The first-order chi connectivity index (χ1) is 11.1. The summed E-state index contributed by atoms with van der Waals surface area (Å²) in [7, 11) is 0. The molecule has 0 atom stereocenters. The molecule has 0 spiro atoms. The minimum absolute atomic E-state index is 0.162. The SMILES string of the molecule is Cc1cccc(CNC(=O)c2sc(-c3ncccn3)nc2C)n1. The second-order valence-electron chi connectivity index (χ2n) is 4.96. The number of nitrogens with one attached hydrogen (secondary N) is 1. The lowest BCUT2D eigenvalue weighted by atomic mass is 10.3. The summed E-state index contributed by atoms with van der Waals surface area (Å²) >= 11 is 1.29. The molecule has 116 valence electrons. The number of thiazole rings is 1. The normalized spacial score (nSPS) is 10.5. The first-order valence-corrected chi connectivity index (χ1v) is 7.90. The highest BCUT2D eigenvalue weighted by Crippen LogP contribution is 2.25. The van der Waals surface area contributed by atoms with Gasteiger partial charge in [0.05, 0.1) is 17.9 Å². The molecule has 23 heavy (non-hydrogen) atoms. The fourth-order valence-corrected chi connectivity index (χ4v) is 2.99. The third-order valence-corrected chi connectivity index (χ3v) is 4.29. The Labute approximate surface area is 137 Å². The van der Waals surface area contributed by atoms with Gasteiger partial charge in [0, 0.05) is 18.1 Å². The van der Waals surface area contributed by atoms with Crippen molar-refractivity contribution >= 4 is 17.2 Å². The highest BCUT2D eigenvalue weighted by atomic mass is 32.1. The molecule has 1 amide bonds. The monoisotopic (exact) mass is 325 g/mol. The molecule has 3 heterocycles. The Morgan fingerprint density at radius 1 is 1.13 bits per heavy atom. The van der Waals surface area contributed by atoms with Crippen LogP contribution in [0.1, 0.15) is 26.8 Å². The number of nitrogens with zero attached hydrogens (tertiary/aromatic N) is 4. The molecule has 1 N–H and O–H groups in total. The number of amides is 1. The van der Waals surface area contributed by atoms with E-state index in [9.17, 15) is 4.79 Å². The number of hydrogen-bond donors (Lipinski definition) is 1. The minimum Gasteiger partial charge on any atom is -0.346 e. The summed E-state index contributed by atoms with van der Waals surface area (Å²) in [6, 6.07) is 7.47. The van der Waals surface area contributed by atoms with Crippen molar-refractivity contribution in [2.75, 3.05) is 0 Å². The number of hydrogen-bond acceptors (Lipinski definition) is 6.